The fourth-order valence-electron chi connectivity index (χ4n) is 0.962. The molecular weight excluding hydrogens is 172 g/mol. The quantitative estimate of drug-likeness (QED) is 0.731. The molecule has 0 unspecified atom stereocenters. The van der Waals surface area contributed by atoms with Gasteiger partial charge in [-0.25, -0.2) is 0 Å². The van der Waals surface area contributed by atoms with Gasteiger partial charge in [-0.3, -0.25) is 0 Å². The van der Waals surface area contributed by atoms with E-state index in [9.17, 15) is 0 Å². The molecule has 0 aliphatic rings. The fourth-order valence-corrected chi connectivity index (χ4v) is 0.962. The van der Waals surface area contributed by atoms with E-state index in [1.54, 1.807) is 0 Å². The fraction of sp³-hybridized carbons (Fsp3) is 1.00. The minimum absolute atomic E-state index is 0.117. The normalized spacial score (nSPS) is 14.6. The molecule has 0 saturated carbocycles. The lowest BCUT2D eigenvalue weighted by Gasteiger charge is -2.39. The molecule has 0 heterocycles. The Hall–Kier alpha value is -0.0800. The van der Waals surface area contributed by atoms with Crippen LogP contribution in [0.5, 0.6) is 0 Å². The van der Waals surface area contributed by atoms with Gasteiger partial charge in [-0.2, -0.15) is 0 Å². The van der Waals surface area contributed by atoms with E-state index in [0.717, 1.165) is 13.1 Å². The van der Waals surface area contributed by atoms with Gasteiger partial charge >= 0.3 is 0 Å². The van der Waals surface area contributed by atoms with Gasteiger partial charge in [-0.15, -0.1) is 0 Å². The zero-order valence-corrected chi connectivity index (χ0v) is 11.0. The summed E-state index contributed by atoms with van der Waals surface area (Å²) in [5.74, 6) is 0. The molecule has 0 spiro atoms. The zero-order valence-electron chi connectivity index (χ0n) is 11.0. The first kappa shape index (κ1) is 13.9. The summed E-state index contributed by atoms with van der Waals surface area (Å²) in [4.78, 5) is 0. The first-order valence-electron chi connectivity index (χ1n) is 5.45. The summed E-state index contributed by atoms with van der Waals surface area (Å²) in [6, 6.07) is 0. The summed E-state index contributed by atoms with van der Waals surface area (Å²) in [5, 5.41) is 3.45. The number of nitrogens with two attached hydrogens (primary N) is 1. The maximum absolute atomic E-state index is 5.91. The van der Waals surface area contributed by atoms with E-state index in [2.05, 4.69) is 39.9 Å². The molecule has 2 nitrogen and oxygen atoms in total. The SMILES string of the molecule is CC(C)(N)CNCC(C)(C)C(C)(C)C. The molecule has 3 N–H and O–H groups in total. The van der Waals surface area contributed by atoms with Crippen LogP contribution in [0.15, 0.2) is 0 Å². The highest BCUT2D eigenvalue weighted by Gasteiger charge is 2.32. The lowest BCUT2D eigenvalue weighted by atomic mass is 9.69. The smallest absolute Gasteiger partial charge is 0.0223 e. The predicted octanol–water partition coefficient (Wildman–Crippen LogP) is 2.39. The topological polar surface area (TPSA) is 38.0 Å². The molecule has 0 bridgehead atoms. The predicted molar refractivity (Wildman–Crippen MR) is 64.4 cm³/mol. The van der Waals surface area contributed by atoms with Crippen molar-refractivity contribution in [3.8, 4) is 0 Å². The molecule has 0 atom stereocenters. The summed E-state index contributed by atoms with van der Waals surface area (Å²) in [7, 11) is 0. The number of hydrogen-bond acceptors (Lipinski definition) is 2. The zero-order chi connectivity index (χ0) is 11.6. The van der Waals surface area contributed by atoms with Crippen molar-refractivity contribution in [1.82, 2.24) is 5.32 Å². The Bertz CT molecular complexity index is 170. The Kier molecular flexibility index (Phi) is 4.17. The minimum Gasteiger partial charge on any atom is -0.324 e. The third-order valence-electron chi connectivity index (χ3n) is 3.18. The third-order valence-corrected chi connectivity index (χ3v) is 3.18. The molecule has 0 aromatic heterocycles. The molecule has 0 aliphatic carbocycles. The molecule has 0 radical (unpaired) electrons. The molecule has 0 fully saturated rings. The van der Waals surface area contributed by atoms with Crippen LogP contribution in [-0.2, 0) is 0 Å². The highest BCUT2D eigenvalue weighted by molar-refractivity contribution is 4.85. The van der Waals surface area contributed by atoms with Crippen LogP contribution >= 0.6 is 0 Å². The second-order valence-electron chi connectivity index (χ2n) is 6.73. The Morgan fingerprint density at radius 1 is 0.857 bits per heavy atom. The van der Waals surface area contributed by atoms with Crippen molar-refractivity contribution in [3.05, 3.63) is 0 Å². The second-order valence-corrected chi connectivity index (χ2v) is 6.73. The van der Waals surface area contributed by atoms with E-state index < -0.39 is 0 Å². The molecule has 0 amide bonds. The molecule has 86 valence electrons. The van der Waals surface area contributed by atoms with E-state index in [1.165, 1.54) is 0 Å². The van der Waals surface area contributed by atoms with Crippen LogP contribution in [0.4, 0.5) is 0 Å². The second kappa shape index (κ2) is 4.19. The van der Waals surface area contributed by atoms with E-state index >= 15 is 0 Å². The van der Waals surface area contributed by atoms with Gasteiger partial charge in [0.1, 0.15) is 0 Å². The molecule has 0 aliphatic heterocycles. The molecule has 0 aromatic rings. The van der Waals surface area contributed by atoms with Crippen LogP contribution in [-0.4, -0.2) is 18.6 Å². The van der Waals surface area contributed by atoms with Gasteiger partial charge in [0.05, 0.1) is 0 Å². The van der Waals surface area contributed by atoms with Crippen molar-refractivity contribution in [2.24, 2.45) is 16.6 Å². The summed E-state index contributed by atoms with van der Waals surface area (Å²) in [6.45, 7) is 17.4. The van der Waals surface area contributed by atoms with Crippen LogP contribution < -0.4 is 11.1 Å². The van der Waals surface area contributed by atoms with Crippen molar-refractivity contribution in [3.63, 3.8) is 0 Å². The number of nitrogens with one attached hydrogen (secondary N) is 1. The summed E-state index contributed by atoms with van der Waals surface area (Å²) < 4.78 is 0. The van der Waals surface area contributed by atoms with E-state index in [1.807, 2.05) is 13.8 Å². The van der Waals surface area contributed by atoms with Gasteiger partial charge in [0.25, 0.3) is 0 Å². The van der Waals surface area contributed by atoms with Gasteiger partial charge in [0.2, 0.25) is 0 Å². The van der Waals surface area contributed by atoms with Crippen molar-refractivity contribution in [1.29, 1.82) is 0 Å². The lowest BCUT2D eigenvalue weighted by Crippen LogP contribution is -2.47. The monoisotopic (exact) mass is 200 g/mol. The third kappa shape index (κ3) is 4.97. The highest BCUT2D eigenvalue weighted by atomic mass is 14.9. The Labute approximate surface area is 89.6 Å². The van der Waals surface area contributed by atoms with Gasteiger partial charge in [-0.1, -0.05) is 34.6 Å². The Morgan fingerprint density at radius 2 is 1.29 bits per heavy atom. The van der Waals surface area contributed by atoms with Gasteiger partial charge in [0, 0.05) is 18.6 Å². The molecule has 0 aromatic carbocycles. The average molecular weight is 200 g/mol. The van der Waals surface area contributed by atoms with Crippen molar-refractivity contribution < 1.29 is 0 Å². The molecule has 2 heteroatoms. The summed E-state index contributed by atoms with van der Waals surface area (Å²) >= 11 is 0. The van der Waals surface area contributed by atoms with Crippen LogP contribution in [0.25, 0.3) is 0 Å². The Balaban J connectivity index is 4.02. The average Bonchev–Trinajstić information content (AvgIpc) is 1.80. The van der Waals surface area contributed by atoms with Crippen molar-refractivity contribution in [2.75, 3.05) is 13.1 Å². The number of hydrogen-bond donors (Lipinski definition) is 2. The Morgan fingerprint density at radius 3 is 1.57 bits per heavy atom. The van der Waals surface area contributed by atoms with Crippen LogP contribution in [0.2, 0.25) is 0 Å². The molecule has 14 heavy (non-hydrogen) atoms. The molecular formula is C12H28N2. The maximum atomic E-state index is 5.91. The van der Waals surface area contributed by atoms with Crippen molar-refractivity contribution in [2.45, 2.75) is 54.0 Å². The van der Waals surface area contributed by atoms with Crippen LogP contribution in [0, 0.1) is 10.8 Å². The number of rotatable bonds is 4. The van der Waals surface area contributed by atoms with Crippen molar-refractivity contribution >= 4 is 0 Å². The van der Waals surface area contributed by atoms with E-state index in [-0.39, 0.29) is 11.0 Å². The largest absolute Gasteiger partial charge is 0.324 e. The minimum atomic E-state index is -0.117. The van der Waals surface area contributed by atoms with Crippen LogP contribution in [0.3, 0.4) is 0 Å². The van der Waals surface area contributed by atoms with E-state index in [0.29, 0.717) is 5.41 Å². The summed E-state index contributed by atoms with van der Waals surface area (Å²) in [6.07, 6.45) is 0. The van der Waals surface area contributed by atoms with E-state index in [4.69, 9.17) is 5.73 Å². The van der Waals surface area contributed by atoms with Gasteiger partial charge < -0.3 is 11.1 Å². The standard InChI is InChI=1S/C12H28N2/c1-10(2,3)11(4,5)8-14-9-12(6,7)13/h14H,8-9,13H2,1-7H3. The molecule has 0 rings (SSSR count). The lowest BCUT2D eigenvalue weighted by molar-refractivity contribution is 0.127. The first-order valence-corrected chi connectivity index (χ1v) is 5.45. The first-order chi connectivity index (χ1) is 5.96. The molecule has 0 saturated heterocycles. The van der Waals surface area contributed by atoms with Crippen LogP contribution in [0.1, 0.15) is 48.5 Å². The maximum Gasteiger partial charge on any atom is 0.0223 e. The van der Waals surface area contributed by atoms with Gasteiger partial charge in [-0.05, 0) is 24.7 Å². The summed E-state index contributed by atoms with van der Waals surface area (Å²) in [5.41, 5.74) is 6.40. The highest BCUT2D eigenvalue weighted by Crippen LogP contribution is 2.36. The van der Waals surface area contributed by atoms with Gasteiger partial charge in [0.15, 0.2) is 0 Å².